The molecule has 1 N–H and O–H groups in total. The topological polar surface area (TPSA) is 99.1 Å². The normalized spacial score (nSPS) is 26.6. The van der Waals surface area contributed by atoms with Crippen LogP contribution in [0.2, 0.25) is 0 Å². The Hall–Kier alpha value is -1.72. The van der Waals surface area contributed by atoms with E-state index in [1.807, 2.05) is 0 Å². The Balaban J connectivity index is 1.25. The monoisotopic (exact) mass is 436 g/mol. The van der Waals surface area contributed by atoms with Crippen LogP contribution in [0.25, 0.3) is 11.1 Å². The van der Waals surface area contributed by atoms with Gasteiger partial charge in [-0.2, -0.15) is 4.31 Å². The molecule has 3 saturated heterocycles. The standard InChI is InChI=1S/C20H28N4O5S/c1-22-8-10-23(11-9-22)15-13-20(28-14-15)4-6-24(7-5-20)30(26,27)16-2-3-17-18(12-16)29-19(25)21-17/h2-3,12,15H,4-11,13-14H2,1H3,(H,21,25). The number of hydrogen-bond donors (Lipinski definition) is 1. The number of nitrogens with zero attached hydrogens (tertiary/aromatic N) is 3. The summed E-state index contributed by atoms with van der Waals surface area (Å²) in [5.74, 6) is -0.590. The SMILES string of the molecule is CN1CCN(C2COC3(CCN(S(=O)(=O)c4ccc5[nH]c(=O)oc5c4)CC3)C2)CC1. The highest BCUT2D eigenvalue weighted by Gasteiger charge is 2.46. The molecular formula is C20H28N4O5S. The molecule has 5 rings (SSSR count). The van der Waals surface area contributed by atoms with E-state index in [1.54, 1.807) is 6.07 Å². The van der Waals surface area contributed by atoms with Crippen molar-refractivity contribution in [2.24, 2.45) is 0 Å². The van der Waals surface area contributed by atoms with Crippen molar-refractivity contribution in [3.05, 3.63) is 28.7 Å². The summed E-state index contributed by atoms with van der Waals surface area (Å²) in [5, 5.41) is 0. The molecule has 4 heterocycles. The van der Waals surface area contributed by atoms with Crippen LogP contribution >= 0.6 is 0 Å². The fourth-order valence-corrected chi connectivity index (χ4v) is 6.42. The van der Waals surface area contributed by atoms with E-state index in [-0.39, 0.29) is 16.1 Å². The number of fused-ring (bicyclic) bond motifs is 1. The van der Waals surface area contributed by atoms with Gasteiger partial charge in [0, 0.05) is 51.4 Å². The van der Waals surface area contributed by atoms with E-state index in [4.69, 9.17) is 9.15 Å². The van der Waals surface area contributed by atoms with Gasteiger partial charge in [0.05, 0.1) is 22.6 Å². The third kappa shape index (κ3) is 3.60. The molecule has 2 aromatic rings. The van der Waals surface area contributed by atoms with Crippen molar-refractivity contribution in [3.63, 3.8) is 0 Å². The maximum absolute atomic E-state index is 13.1. The molecule has 0 aliphatic carbocycles. The number of benzene rings is 1. The second-order valence-corrected chi connectivity index (χ2v) is 10.7. The van der Waals surface area contributed by atoms with Crippen molar-refractivity contribution in [1.82, 2.24) is 19.1 Å². The minimum atomic E-state index is -3.64. The number of likely N-dealkylation sites (N-methyl/N-ethyl adjacent to an activating group) is 1. The third-order valence-corrected chi connectivity index (χ3v) is 8.80. The van der Waals surface area contributed by atoms with Gasteiger partial charge in [0.25, 0.3) is 0 Å². The molecule has 30 heavy (non-hydrogen) atoms. The average Bonchev–Trinajstić information content (AvgIpc) is 3.31. The van der Waals surface area contributed by atoms with Crippen molar-refractivity contribution in [2.75, 3.05) is 52.9 Å². The predicted molar refractivity (Wildman–Crippen MR) is 111 cm³/mol. The second kappa shape index (κ2) is 7.45. The Kier molecular flexibility index (Phi) is 5.02. The van der Waals surface area contributed by atoms with E-state index < -0.39 is 15.8 Å². The molecule has 3 fully saturated rings. The smallest absolute Gasteiger partial charge is 0.408 e. The van der Waals surface area contributed by atoms with E-state index in [0.29, 0.717) is 37.5 Å². The van der Waals surface area contributed by atoms with Crippen LogP contribution in [0, 0.1) is 0 Å². The van der Waals surface area contributed by atoms with Crippen LogP contribution in [-0.4, -0.2) is 92.1 Å². The molecule has 0 bridgehead atoms. The van der Waals surface area contributed by atoms with Crippen LogP contribution in [0.5, 0.6) is 0 Å². The van der Waals surface area contributed by atoms with Gasteiger partial charge in [0.1, 0.15) is 0 Å². The van der Waals surface area contributed by atoms with E-state index in [1.165, 1.54) is 16.4 Å². The van der Waals surface area contributed by atoms with Gasteiger partial charge in [-0.15, -0.1) is 0 Å². The Labute approximate surface area is 175 Å². The Morgan fingerprint density at radius 3 is 2.57 bits per heavy atom. The summed E-state index contributed by atoms with van der Waals surface area (Å²) >= 11 is 0. The fourth-order valence-electron chi connectivity index (χ4n) is 4.96. The van der Waals surface area contributed by atoms with Crippen molar-refractivity contribution in [1.29, 1.82) is 0 Å². The number of sulfonamides is 1. The summed E-state index contributed by atoms with van der Waals surface area (Å²) < 4.78 is 39.1. The minimum absolute atomic E-state index is 0.149. The zero-order valence-electron chi connectivity index (χ0n) is 17.2. The summed E-state index contributed by atoms with van der Waals surface area (Å²) in [4.78, 5) is 18.9. The first kappa shape index (κ1) is 20.2. The van der Waals surface area contributed by atoms with E-state index in [0.717, 1.165) is 39.2 Å². The summed E-state index contributed by atoms with van der Waals surface area (Å²) in [6.45, 7) is 5.92. The molecule has 0 saturated carbocycles. The Bertz CT molecular complexity index is 1080. The predicted octanol–water partition coefficient (Wildman–Crippen LogP) is 0.681. The molecule has 3 aliphatic heterocycles. The lowest BCUT2D eigenvalue weighted by molar-refractivity contribution is -0.0319. The third-order valence-electron chi connectivity index (χ3n) is 6.91. The molecule has 10 heteroatoms. The van der Waals surface area contributed by atoms with E-state index >= 15 is 0 Å². The van der Waals surface area contributed by atoms with Gasteiger partial charge in [-0.05, 0) is 38.4 Å². The number of ether oxygens (including phenoxy) is 1. The molecular weight excluding hydrogens is 408 g/mol. The first-order valence-electron chi connectivity index (χ1n) is 10.5. The Morgan fingerprint density at radius 2 is 1.83 bits per heavy atom. The minimum Gasteiger partial charge on any atom is -0.408 e. The average molecular weight is 437 g/mol. The molecule has 1 spiro atoms. The first-order valence-corrected chi connectivity index (χ1v) is 12.0. The molecule has 164 valence electrons. The Morgan fingerprint density at radius 1 is 1.10 bits per heavy atom. The van der Waals surface area contributed by atoms with Gasteiger partial charge in [0.2, 0.25) is 10.0 Å². The van der Waals surface area contributed by atoms with Gasteiger partial charge in [0.15, 0.2) is 5.58 Å². The molecule has 9 nitrogen and oxygen atoms in total. The van der Waals surface area contributed by atoms with Crippen molar-refractivity contribution >= 4 is 21.1 Å². The molecule has 1 atom stereocenters. The van der Waals surface area contributed by atoms with Gasteiger partial charge in [-0.3, -0.25) is 9.88 Å². The number of aromatic nitrogens is 1. The number of H-pyrrole nitrogens is 1. The van der Waals surface area contributed by atoms with Gasteiger partial charge < -0.3 is 14.1 Å². The summed E-state index contributed by atoms with van der Waals surface area (Å²) in [6, 6.07) is 4.94. The maximum atomic E-state index is 13.1. The largest absolute Gasteiger partial charge is 0.417 e. The zero-order valence-corrected chi connectivity index (χ0v) is 18.0. The quantitative estimate of drug-likeness (QED) is 0.755. The molecule has 3 aliphatic rings. The summed E-state index contributed by atoms with van der Waals surface area (Å²) in [7, 11) is -1.49. The molecule has 0 amide bonds. The highest BCUT2D eigenvalue weighted by atomic mass is 32.2. The van der Waals surface area contributed by atoms with Crippen LogP contribution in [0.3, 0.4) is 0 Å². The lowest BCUT2D eigenvalue weighted by Crippen LogP contribution is -2.50. The lowest BCUT2D eigenvalue weighted by atomic mass is 9.88. The van der Waals surface area contributed by atoms with Gasteiger partial charge in [-0.1, -0.05) is 0 Å². The van der Waals surface area contributed by atoms with Gasteiger partial charge in [-0.25, -0.2) is 13.2 Å². The summed E-state index contributed by atoms with van der Waals surface area (Å²) in [5.41, 5.74) is 0.534. The van der Waals surface area contributed by atoms with Crippen LogP contribution in [0.4, 0.5) is 0 Å². The molecule has 0 radical (unpaired) electrons. The van der Waals surface area contributed by atoms with Crippen LogP contribution in [-0.2, 0) is 14.8 Å². The number of piperidine rings is 1. The van der Waals surface area contributed by atoms with Crippen molar-refractivity contribution in [3.8, 4) is 0 Å². The second-order valence-electron chi connectivity index (χ2n) is 8.77. The van der Waals surface area contributed by atoms with Crippen molar-refractivity contribution < 1.29 is 17.6 Å². The van der Waals surface area contributed by atoms with E-state index in [2.05, 4.69) is 21.8 Å². The number of aromatic amines is 1. The maximum Gasteiger partial charge on any atom is 0.417 e. The summed E-state index contributed by atoms with van der Waals surface area (Å²) in [6.07, 6.45) is 2.39. The number of rotatable bonds is 3. The highest BCUT2D eigenvalue weighted by molar-refractivity contribution is 7.89. The van der Waals surface area contributed by atoms with Crippen molar-refractivity contribution in [2.45, 2.75) is 35.8 Å². The first-order chi connectivity index (χ1) is 14.3. The van der Waals surface area contributed by atoms with Gasteiger partial charge >= 0.3 is 5.76 Å². The number of nitrogens with one attached hydrogen (secondary N) is 1. The molecule has 1 aromatic heterocycles. The van der Waals surface area contributed by atoms with Crippen LogP contribution in [0.1, 0.15) is 19.3 Å². The zero-order chi connectivity index (χ0) is 20.9. The number of hydrogen-bond acceptors (Lipinski definition) is 7. The highest BCUT2D eigenvalue weighted by Crippen LogP contribution is 2.39. The molecule has 1 unspecified atom stereocenters. The lowest BCUT2D eigenvalue weighted by Gasteiger charge is -2.39. The van der Waals surface area contributed by atoms with Crippen LogP contribution < -0.4 is 5.76 Å². The number of oxazole rings is 1. The molecule has 1 aromatic carbocycles. The number of piperazine rings is 1. The van der Waals surface area contributed by atoms with E-state index in [9.17, 15) is 13.2 Å². The van der Waals surface area contributed by atoms with Crippen LogP contribution in [0.15, 0.2) is 32.3 Å². The fraction of sp³-hybridized carbons (Fsp3) is 0.650.